The Labute approximate surface area is 90.2 Å². The van der Waals surface area contributed by atoms with Gasteiger partial charge in [-0.25, -0.2) is 0 Å². The molecule has 15 heavy (non-hydrogen) atoms. The number of aldehydes is 1. The summed E-state index contributed by atoms with van der Waals surface area (Å²) < 4.78 is 0. The van der Waals surface area contributed by atoms with E-state index in [-0.39, 0.29) is 0 Å². The van der Waals surface area contributed by atoms with E-state index in [9.17, 15) is 4.79 Å². The lowest BCUT2D eigenvalue weighted by molar-refractivity contribution is -0.104. The van der Waals surface area contributed by atoms with Crippen molar-refractivity contribution in [2.24, 2.45) is 0 Å². The van der Waals surface area contributed by atoms with Crippen molar-refractivity contribution < 1.29 is 4.79 Å². The van der Waals surface area contributed by atoms with Crippen molar-refractivity contribution >= 4 is 18.0 Å². The zero-order valence-electron chi connectivity index (χ0n) is 8.94. The monoisotopic (exact) mass is 201 g/mol. The largest absolute Gasteiger partial charge is 0.374 e. The van der Waals surface area contributed by atoms with Crippen molar-refractivity contribution in [1.29, 1.82) is 0 Å². The SMILES string of the molecule is CN1CCCc2cc(/C=C/C=O)ccc21. The lowest BCUT2D eigenvalue weighted by Crippen LogP contribution is -2.24. The van der Waals surface area contributed by atoms with Crippen LogP contribution in [0.4, 0.5) is 5.69 Å². The van der Waals surface area contributed by atoms with E-state index in [2.05, 4.69) is 30.1 Å². The maximum Gasteiger partial charge on any atom is 0.142 e. The second kappa shape index (κ2) is 4.30. The highest BCUT2D eigenvalue weighted by molar-refractivity contribution is 5.74. The number of benzene rings is 1. The quantitative estimate of drug-likeness (QED) is 0.540. The minimum Gasteiger partial charge on any atom is -0.374 e. The number of aryl methyl sites for hydroxylation is 1. The maximum absolute atomic E-state index is 10.2. The Morgan fingerprint density at radius 2 is 2.27 bits per heavy atom. The van der Waals surface area contributed by atoms with Crippen LogP contribution >= 0.6 is 0 Å². The molecule has 0 N–H and O–H groups in total. The number of nitrogens with zero attached hydrogens (tertiary/aromatic N) is 1. The highest BCUT2D eigenvalue weighted by Crippen LogP contribution is 2.26. The van der Waals surface area contributed by atoms with Gasteiger partial charge in [0, 0.05) is 19.3 Å². The van der Waals surface area contributed by atoms with Crippen LogP contribution in [0.25, 0.3) is 6.08 Å². The normalized spacial score (nSPS) is 15.4. The molecule has 78 valence electrons. The molecule has 1 aromatic rings. The van der Waals surface area contributed by atoms with Gasteiger partial charge in [-0.2, -0.15) is 0 Å². The zero-order chi connectivity index (χ0) is 10.7. The molecule has 0 saturated heterocycles. The Balaban J connectivity index is 2.33. The molecule has 0 aromatic heterocycles. The highest BCUT2D eigenvalue weighted by atomic mass is 16.1. The maximum atomic E-state index is 10.2. The first kappa shape index (κ1) is 9.97. The zero-order valence-corrected chi connectivity index (χ0v) is 8.94. The molecule has 0 saturated carbocycles. The molecule has 1 aliphatic heterocycles. The van der Waals surface area contributed by atoms with Crippen LogP contribution in [0.15, 0.2) is 24.3 Å². The summed E-state index contributed by atoms with van der Waals surface area (Å²) in [6.07, 6.45) is 6.55. The first-order valence-electron chi connectivity index (χ1n) is 5.27. The minimum absolute atomic E-state index is 0.811. The number of hydrogen-bond donors (Lipinski definition) is 0. The topological polar surface area (TPSA) is 20.3 Å². The van der Waals surface area contributed by atoms with Crippen LogP contribution in [0.5, 0.6) is 0 Å². The molecule has 0 unspecified atom stereocenters. The van der Waals surface area contributed by atoms with E-state index in [0.29, 0.717) is 0 Å². The molecule has 2 nitrogen and oxygen atoms in total. The molecule has 0 fully saturated rings. The molecule has 1 aliphatic rings. The number of fused-ring (bicyclic) bond motifs is 1. The second-order valence-electron chi connectivity index (χ2n) is 3.91. The molecule has 1 heterocycles. The van der Waals surface area contributed by atoms with Gasteiger partial charge in [-0.3, -0.25) is 4.79 Å². The van der Waals surface area contributed by atoms with Gasteiger partial charge in [-0.1, -0.05) is 12.1 Å². The summed E-state index contributed by atoms with van der Waals surface area (Å²) in [6, 6.07) is 6.37. The third kappa shape index (κ3) is 2.09. The lowest BCUT2D eigenvalue weighted by atomic mass is 9.99. The van der Waals surface area contributed by atoms with Crippen LogP contribution in [-0.2, 0) is 11.2 Å². The van der Waals surface area contributed by atoms with Crippen molar-refractivity contribution in [3.05, 3.63) is 35.4 Å². The third-order valence-corrected chi connectivity index (χ3v) is 2.82. The number of allylic oxidation sites excluding steroid dienone is 1. The van der Waals surface area contributed by atoms with Crippen LogP contribution < -0.4 is 4.90 Å². The van der Waals surface area contributed by atoms with E-state index in [4.69, 9.17) is 0 Å². The summed E-state index contributed by atoms with van der Waals surface area (Å²) in [7, 11) is 2.12. The van der Waals surface area contributed by atoms with Crippen molar-refractivity contribution in [3.63, 3.8) is 0 Å². The van der Waals surface area contributed by atoms with Gasteiger partial charge in [-0.05, 0) is 42.2 Å². The molecule has 0 aliphatic carbocycles. The molecule has 0 radical (unpaired) electrons. The van der Waals surface area contributed by atoms with Gasteiger partial charge >= 0.3 is 0 Å². The van der Waals surface area contributed by atoms with Crippen LogP contribution in [0.1, 0.15) is 17.5 Å². The van der Waals surface area contributed by atoms with Crippen LogP contribution in [0, 0.1) is 0 Å². The van der Waals surface area contributed by atoms with Gasteiger partial charge in [-0.15, -0.1) is 0 Å². The smallest absolute Gasteiger partial charge is 0.142 e. The van der Waals surface area contributed by atoms with E-state index >= 15 is 0 Å². The van der Waals surface area contributed by atoms with Crippen molar-refractivity contribution in [2.75, 3.05) is 18.5 Å². The van der Waals surface area contributed by atoms with Crippen LogP contribution in [-0.4, -0.2) is 19.9 Å². The van der Waals surface area contributed by atoms with E-state index in [1.165, 1.54) is 23.7 Å². The molecule has 0 bridgehead atoms. The lowest BCUT2D eigenvalue weighted by Gasteiger charge is -2.27. The Morgan fingerprint density at radius 3 is 3.07 bits per heavy atom. The highest BCUT2D eigenvalue weighted by Gasteiger charge is 2.12. The number of hydrogen-bond acceptors (Lipinski definition) is 2. The number of carbonyl (C=O) groups is 1. The van der Waals surface area contributed by atoms with Crippen molar-refractivity contribution in [2.45, 2.75) is 12.8 Å². The van der Waals surface area contributed by atoms with Gasteiger partial charge in [0.1, 0.15) is 6.29 Å². The summed E-state index contributed by atoms with van der Waals surface area (Å²) in [5, 5.41) is 0. The second-order valence-corrected chi connectivity index (χ2v) is 3.91. The first-order valence-corrected chi connectivity index (χ1v) is 5.27. The summed E-state index contributed by atoms with van der Waals surface area (Å²) in [4.78, 5) is 12.5. The van der Waals surface area contributed by atoms with E-state index < -0.39 is 0 Å². The van der Waals surface area contributed by atoms with Gasteiger partial charge < -0.3 is 4.90 Å². The standard InChI is InChI=1S/C13H15NO/c1-14-8-2-5-12-10-11(4-3-9-15)6-7-13(12)14/h3-4,6-7,9-10H,2,5,8H2,1H3/b4-3+. The Kier molecular flexibility index (Phi) is 2.86. The third-order valence-electron chi connectivity index (χ3n) is 2.82. The Morgan fingerprint density at radius 1 is 1.40 bits per heavy atom. The minimum atomic E-state index is 0.811. The average molecular weight is 201 g/mol. The summed E-state index contributed by atoms with van der Waals surface area (Å²) >= 11 is 0. The van der Waals surface area contributed by atoms with Crippen LogP contribution in [0.3, 0.4) is 0 Å². The fourth-order valence-corrected chi connectivity index (χ4v) is 2.06. The van der Waals surface area contributed by atoms with Gasteiger partial charge in [0.2, 0.25) is 0 Å². The molecule has 0 amide bonds. The molecule has 2 rings (SSSR count). The van der Waals surface area contributed by atoms with E-state index in [1.54, 1.807) is 0 Å². The van der Waals surface area contributed by atoms with E-state index in [1.807, 2.05) is 6.08 Å². The van der Waals surface area contributed by atoms with Gasteiger partial charge in [0.25, 0.3) is 0 Å². The number of carbonyl (C=O) groups excluding carboxylic acids is 1. The molecule has 2 heteroatoms. The molecule has 0 atom stereocenters. The molecule has 1 aromatic carbocycles. The van der Waals surface area contributed by atoms with E-state index in [0.717, 1.165) is 24.8 Å². The predicted molar refractivity (Wildman–Crippen MR) is 63.1 cm³/mol. The Bertz CT molecular complexity index is 396. The average Bonchev–Trinajstić information content (AvgIpc) is 2.26. The molecular weight excluding hydrogens is 186 g/mol. The fourth-order valence-electron chi connectivity index (χ4n) is 2.06. The van der Waals surface area contributed by atoms with Crippen molar-refractivity contribution in [3.8, 4) is 0 Å². The van der Waals surface area contributed by atoms with Gasteiger partial charge in [0.05, 0.1) is 0 Å². The summed E-state index contributed by atoms with van der Waals surface area (Å²) in [6.45, 7) is 1.14. The first-order chi connectivity index (χ1) is 7.31. The summed E-state index contributed by atoms with van der Waals surface area (Å²) in [5.41, 5.74) is 3.82. The van der Waals surface area contributed by atoms with Crippen molar-refractivity contribution in [1.82, 2.24) is 0 Å². The summed E-state index contributed by atoms with van der Waals surface area (Å²) in [5.74, 6) is 0. The predicted octanol–water partition coefficient (Wildman–Crippen LogP) is 2.28. The molecular formula is C13H15NO. The molecule has 0 spiro atoms. The Hall–Kier alpha value is -1.57. The van der Waals surface area contributed by atoms with Gasteiger partial charge in [0.15, 0.2) is 0 Å². The van der Waals surface area contributed by atoms with Crippen LogP contribution in [0.2, 0.25) is 0 Å². The fraction of sp³-hybridized carbons (Fsp3) is 0.308. The number of rotatable bonds is 2. The number of anilines is 1.